The first-order valence-electron chi connectivity index (χ1n) is 8.07. The van der Waals surface area contributed by atoms with Crippen LogP contribution in [0.2, 0.25) is 0 Å². The third-order valence-electron chi connectivity index (χ3n) is 4.13. The van der Waals surface area contributed by atoms with E-state index in [-0.39, 0.29) is 24.0 Å². The normalized spacial score (nSPS) is 14.4. The first kappa shape index (κ1) is 18.1. The van der Waals surface area contributed by atoms with Crippen molar-refractivity contribution in [2.75, 3.05) is 12.3 Å². The van der Waals surface area contributed by atoms with Gasteiger partial charge in [0, 0.05) is 12.6 Å². The van der Waals surface area contributed by atoms with E-state index in [2.05, 4.69) is 0 Å². The number of hydrogen-bond acceptors (Lipinski definition) is 5. The van der Waals surface area contributed by atoms with Crippen LogP contribution in [0.4, 0.5) is 5.69 Å². The van der Waals surface area contributed by atoms with Gasteiger partial charge in [0.2, 0.25) is 0 Å². The first-order valence-corrected chi connectivity index (χ1v) is 9.39. The van der Waals surface area contributed by atoms with E-state index in [1.165, 1.54) is 23.1 Å². The van der Waals surface area contributed by atoms with Gasteiger partial charge in [0.05, 0.1) is 22.1 Å². The number of nitro benzene ring substituents is 1. The van der Waals surface area contributed by atoms with Gasteiger partial charge >= 0.3 is 0 Å². The van der Waals surface area contributed by atoms with Crippen LogP contribution in [0.3, 0.4) is 0 Å². The minimum absolute atomic E-state index is 0.0955. The molecular formula is C18H16N2O5S. The molecule has 0 aromatic heterocycles. The second kappa shape index (κ2) is 7.67. The monoisotopic (exact) mass is 372 g/mol. The smallest absolute Gasteiger partial charge is 0.274 e. The Bertz CT molecular complexity index is 835. The van der Waals surface area contributed by atoms with Gasteiger partial charge in [0.25, 0.3) is 17.5 Å². The van der Waals surface area contributed by atoms with E-state index >= 15 is 0 Å². The molecule has 0 saturated carbocycles. The predicted molar refractivity (Wildman–Crippen MR) is 95.4 cm³/mol. The topological polar surface area (TPSA) is 104 Å². The van der Waals surface area contributed by atoms with Crippen LogP contribution in [0.1, 0.15) is 33.6 Å². The number of benzene rings is 2. The Kier molecular flexibility index (Phi) is 5.34. The molecule has 1 atom stereocenters. The highest BCUT2D eigenvalue weighted by molar-refractivity contribution is 7.91. The fourth-order valence-electron chi connectivity index (χ4n) is 2.80. The number of amides is 2. The van der Waals surface area contributed by atoms with Crippen molar-refractivity contribution in [1.82, 2.24) is 4.90 Å². The fraction of sp³-hybridized carbons (Fsp3) is 0.222. The number of nitro groups is 1. The highest BCUT2D eigenvalue weighted by atomic mass is 32.2. The Labute approximate surface area is 153 Å². The molecule has 1 unspecified atom stereocenters. The summed E-state index contributed by atoms with van der Waals surface area (Å²) in [4.78, 5) is 36.3. The number of carbonyl (C=O) groups excluding carboxylic acids is 2. The molecule has 0 fully saturated rings. The lowest BCUT2D eigenvalue weighted by Crippen LogP contribution is -2.30. The SMILES string of the molecule is O=C1c2ccccc2C(=O)N1CCCC[S+]([O-])c1cccc([N+](=O)[O-])c1. The second-order valence-electron chi connectivity index (χ2n) is 5.82. The highest BCUT2D eigenvalue weighted by Gasteiger charge is 2.34. The fourth-order valence-corrected chi connectivity index (χ4v) is 3.99. The lowest BCUT2D eigenvalue weighted by atomic mass is 10.1. The van der Waals surface area contributed by atoms with E-state index in [0.29, 0.717) is 34.6 Å². The average Bonchev–Trinajstić information content (AvgIpc) is 2.90. The molecule has 0 saturated heterocycles. The van der Waals surface area contributed by atoms with Crippen LogP contribution in [0, 0.1) is 10.1 Å². The molecule has 7 nitrogen and oxygen atoms in total. The quantitative estimate of drug-likeness (QED) is 0.244. The van der Waals surface area contributed by atoms with E-state index in [1.54, 1.807) is 30.3 Å². The van der Waals surface area contributed by atoms with Gasteiger partial charge in [-0.15, -0.1) is 0 Å². The van der Waals surface area contributed by atoms with Crippen LogP contribution >= 0.6 is 0 Å². The van der Waals surface area contributed by atoms with E-state index in [9.17, 15) is 24.3 Å². The average molecular weight is 372 g/mol. The third-order valence-corrected chi connectivity index (χ3v) is 5.57. The van der Waals surface area contributed by atoms with E-state index in [1.807, 2.05) is 0 Å². The van der Waals surface area contributed by atoms with Crippen molar-refractivity contribution in [3.8, 4) is 0 Å². The van der Waals surface area contributed by atoms with Crippen molar-refractivity contribution in [2.45, 2.75) is 17.7 Å². The van der Waals surface area contributed by atoms with Crippen LogP contribution in [0.25, 0.3) is 0 Å². The van der Waals surface area contributed by atoms with Gasteiger partial charge in [-0.3, -0.25) is 24.6 Å². The number of carbonyl (C=O) groups is 2. The summed E-state index contributed by atoms with van der Waals surface area (Å²) in [5.41, 5.74) is 0.734. The summed E-state index contributed by atoms with van der Waals surface area (Å²) >= 11 is -1.36. The molecular weight excluding hydrogens is 356 g/mol. The molecule has 0 spiro atoms. The maximum absolute atomic E-state index is 12.3. The number of fused-ring (bicyclic) bond motifs is 1. The van der Waals surface area contributed by atoms with Gasteiger partial charge in [-0.05, 0) is 42.2 Å². The van der Waals surface area contributed by atoms with Gasteiger partial charge in [-0.2, -0.15) is 0 Å². The summed E-state index contributed by atoms with van der Waals surface area (Å²) in [5.74, 6) is -0.291. The predicted octanol–water partition coefficient (Wildman–Crippen LogP) is 2.78. The molecule has 0 aliphatic carbocycles. The molecule has 1 aliphatic heterocycles. The van der Waals surface area contributed by atoms with Gasteiger partial charge < -0.3 is 4.55 Å². The largest absolute Gasteiger partial charge is 0.611 e. The third kappa shape index (κ3) is 3.61. The van der Waals surface area contributed by atoms with Crippen molar-refractivity contribution in [1.29, 1.82) is 0 Å². The zero-order chi connectivity index (χ0) is 18.7. The van der Waals surface area contributed by atoms with Gasteiger partial charge in [-0.25, -0.2) is 0 Å². The Balaban J connectivity index is 1.52. The van der Waals surface area contributed by atoms with Crippen molar-refractivity contribution >= 4 is 28.7 Å². The van der Waals surface area contributed by atoms with E-state index in [4.69, 9.17) is 0 Å². The van der Waals surface area contributed by atoms with Crippen LogP contribution in [-0.2, 0) is 11.2 Å². The lowest BCUT2D eigenvalue weighted by Gasteiger charge is -2.14. The number of non-ortho nitro benzene ring substituents is 1. The molecule has 0 N–H and O–H groups in total. The molecule has 134 valence electrons. The first-order chi connectivity index (χ1) is 12.5. The van der Waals surface area contributed by atoms with Crippen LogP contribution < -0.4 is 0 Å². The second-order valence-corrected chi connectivity index (χ2v) is 7.39. The molecule has 2 aromatic carbocycles. The molecule has 26 heavy (non-hydrogen) atoms. The standard InChI is InChI=1S/C18H16N2O5S/c21-17-15-8-1-2-9-16(15)18(22)19(17)10-3-4-11-26(25)14-7-5-6-13(12-14)20(23)24/h1-2,5-9,12H,3-4,10-11H2. The van der Waals surface area contributed by atoms with E-state index < -0.39 is 16.1 Å². The molecule has 0 bridgehead atoms. The lowest BCUT2D eigenvalue weighted by molar-refractivity contribution is -0.385. The minimum Gasteiger partial charge on any atom is -0.611 e. The van der Waals surface area contributed by atoms with Crippen molar-refractivity contribution < 1.29 is 19.1 Å². The Morgan fingerprint density at radius 1 is 0.962 bits per heavy atom. The number of rotatable bonds is 7. The summed E-state index contributed by atoms with van der Waals surface area (Å²) in [5, 5.41) is 10.8. The van der Waals surface area contributed by atoms with Crippen molar-refractivity contribution in [2.24, 2.45) is 0 Å². The van der Waals surface area contributed by atoms with E-state index in [0.717, 1.165) is 0 Å². The molecule has 2 aromatic rings. The number of hydrogen-bond donors (Lipinski definition) is 0. The molecule has 3 rings (SSSR count). The van der Waals surface area contributed by atoms with Crippen LogP contribution in [0.15, 0.2) is 53.4 Å². The zero-order valence-corrected chi connectivity index (χ0v) is 14.6. The van der Waals surface area contributed by atoms with Crippen molar-refractivity contribution in [3.63, 3.8) is 0 Å². The molecule has 8 heteroatoms. The highest BCUT2D eigenvalue weighted by Crippen LogP contribution is 2.23. The summed E-state index contributed by atoms with van der Waals surface area (Å²) < 4.78 is 12.3. The molecule has 1 aliphatic rings. The van der Waals surface area contributed by atoms with Gasteiger partial charge in [-0.1, -0.05) is 18.2 Å². The minimum atomic E-state index is -1.36. The Morgan fingerprint density at radius 3 is 2.23 bits per heavy atom. The van der Waals surface area contributed by atoms with Crippen molar-refractivity contribution in [3.05, 3.63) is 69.8 Å². The summed E-state index contributed by atoms with van der Waals surface area (Å²) in [7, 11) is 0. The zero-order valence-electron chi connectivity index (χ0n) is 13.8. The number of imide groups is 1. The van der Waals surface area contributed by atoms with Crippen LogP contribution in [0.5, 0.6) is 0 Å². The number of nitrogens with zero attached hydrogens (tertiary/aromatic N) is 2. The Hall–Kier alpha value is -2.71. The molecule has 0 radical (unpaired) electrons. The molecule has 2 amide bonds. The van der Waals surface area contributed by atoms with Crippen LogP contribution in [-0.4, -0.2) is 38.5 Å². The molecule has 1 heterocycles. The van der Waals surface area contributed by atoms with Gasteiger partial charge in [0.1, 0.15) is 5.75 Å². The number of unbranched alkanes of at least 4 members (excludes halogenated alkanes) is 1. The summed E-state index contributed by atoms with van der Waals surface area (Å²) in [6.07, 6.45) is 1.05. The van der Waals surface area contributed by atoms with Gasteiger partial charge in [0.15, 0.2) is 4.90 Å². The maximum atomic E-state index is 12.3. The summed E-state index contributed by atoms with van der Waals surface area (Å²) in [6, 6.07) is 12.5. The summed E-state index contributed by atoms with van der Waals surface area (Å²) in [6.45, 7) is 0.262. The Morgan fingerprint density at radius 2 is 1.62 bits per heavy atom. The maximum Gasteiger partial charge on any atom is 0.274 e.